The van der Waals surface area contributed by atoms with Crippen molar-refractivity contribution in [3.63, 3.8) is 0 Å². The zero-order chi connectivity index (χ0) is 14.6. The molecule has 2 heteroatoms. The van der Waals surface area contributed by atoms with Crippen molar-refractivity contribution in [2.45, 2.75) is 46.7 Å². The van der Waals surface area contributed by atoms with Crippen molar-refractivity contribution in [2.75, 3.05) is 0 Å². The lowest BCUT2D eigenvalue weighted by atomic mass is 9.82. The standard InChI is InChI=1S/C18H25NS/c1-5-15-11-12-16(20-15)13-19-17(18(2,3)4)14-9-7-6-8-10-14/h6-12,17,19H,5,13H2,1-4H3. The van der Waals surface area contributed by atoms with E-state index >= 15 is 0 Å². The van der Waals surface area contributed by atoms with E-state index in [1.54, 1.807) is 0 Å². The van der Waals surface area contributed by atoms with Crippen LogP contribution in [0.5, 0.6) is 0 Å². The highest BCUT2D eigenvalue weighted by atomic mass is 32.1. The van der Waals surface area contributed by atoms with E-state index in [0.29, 0.717) is 6.04 Å². The van der Waals surface area contributed by atoms with Gasteiger partial charge < -0.3 is 5.32 Å². The monoisotopic (exact) mass is 287 g/mol. The fourth-order valence-electron chi connectivity index (χ4n) is 2.48. The molecule has 0 fully saturated rings. The van der Waals surface area contributed by atoms with Gasteiger partial charge in [-0.15, -0.1) is 11.3 Å². The summed E-state index contributed by atoms with van der Waals surface area (Å²) < 4.78 is 0. The Morgan fingerprint density at radius 1 is 1.00 bits per heavy atom. The van der Waals surface area contributed by atoms with E-state index in [9.17, 15) is 0 Å². The molecule has 108 valence electrons. The van der Waals surface area contributed by atoms with Gasteiger partial charge in [0.05, 0.1) is 0 Å². The molecule has 0 radical (unpaired) electrons. The average Bonchev–Trinajstić information content (AvgIpc) is 2.87. The fourth-order valence-corrected chi connectivity index (χ4v) is 3.39. The first-order chi connectivity index (χ1) is 9.50. The van der Waals surface area contributed by atoms with Crippen LogP contribution >= 0.6 is 11.3 Å². The van der Waals surface area contributed by atoms with Crippen LogP contribution in [0.1, 0.15) is 49.1 Å². The van der Waals surface area contributed by atoms with Crippen LogP contribution < -0.4 is 5.32 Å². The normalized spacial score (nSPS) is 13.4. The minimum absolute atomic E-state index is 0.201. The molecule has 0 spiro atoms. The molecule has 0 saturated carbocycles. The van der Waals surface area contributed by atoms with Gasteiger partial charge in [0.15, 0.2) is 0 Å². The van der Waals surface area contributed by atoms with Gasteiger partial charge in [0, 0.05) is 22.3 Å². The van der Waals surface area contributed by atoms with Crippen LogP contribution in [0.3, 0.4) is 0 Å². The minimum Gasteiger partial charge on any atom is -0.305 e. The highest BCUT2D eigenvalue weighted by Gasteiger charge is 2.25. The number of rotatable bonds is 5. The van der Waals surface area contributed by atoms with Crippen LogP contribution in [0.25, 0.3) is 0 Å². The Hall–Kier alpha value is -1.12. The van der Waals surface area contributed by atoms with Crippen molar-refractivity contribution in [1.29, 1.82) is 0 Å². The van der Waals surface area contributed by atoms with E-state index in [1.807, 2.05) is 11.3 Å². The third-order valence-electron chi connectivity index (χ3n) is 3.55. The lowest BCUT2D eigenvalue weighted by molar-refractivity contribution is 0.271. The van der Waals surface area contributed by atoms with Crippen molar-refractivity contribution in [3.8, 4) is 0 Å². The van der Waals surface area contributed by atoms with Gasteiger partial charge >= 0.3 is 0 Å². The molecule has 20 heavy (non-hydrogen) atoms. The summed E-state index contributed by atoms with van der Waals surface area (Å²) in [5.74, 6) is 0. The molecular weight excluding hydrogens is 262 g/mol. The SMILES string of the molecule is CCc1ccc(CNC(c2ccccc2)C(C)(C)C)s1. The van der Waals surface area contributed by atoms with Gasteiger partial charge in [-0.1, -0.05) is 58.0 Å². The van der Waals surface area contributed by atoms with E-state index in [4.69, 9.17) is 0 Å². The molecule has 0 aliphatic carbocycles. The van der Waals surface area contributed by atoms with Crippen LogP contribution in [0.15, 0.2) is 42.5 Å². The second-order valence-electron chi connectivity index (χ2n) is 6.31. The maximum Gasteiger partial charge on any atom is 0.0372 e. The van der Waals surface area contributed by atoms with E-state index in [2.05, 4.69) is 75.5 Å². The molecule has 1 N–H and O–H groups in total. The van der Waals surface area contributed by atoms with Crippen molar-refractivity contribution >= 4 is 11.3 Å². The van der Waals surface area contributed by atoms with Gasteiger partial charge in [0.2, 0.25) is 0 Å². The lowest BCUT2D eigenvalue weighted by Crippen LogP contribution is -2.31. The molecule has 0 aliphatic heterocycles. The maximum atomic E-state index is 3.74. The van der Waals surface area contributed by atoms with Gasteiger partial charge in [-0.25, -0.2) is 0 Å². The smallest absolute Gasteiger partial charge is 0.0372 e. The Labute approximate surface area is 127 Å². The summed E-state index contributed by atoms with van der Waals surface area (Å²) in [6.45, 7) is 10.0. The maximum absolute atomic E-state index is 3.74. The summed E-state index contributed by atoms with van der Waals surface area (Å²) in [6, 6.07) is 15.6. The van der Waals surface area contributed by atoms with E-state index < -0.39 is 0 Å². The highest BCUT2D eigenvalue weighted by Crippen LogP contribution is 2.33. The predicted octanol–water partition coefficient (Wildman–Crippen LogP) is 5.19. The quantitative estimate of drug-likeness (QED) is 0.798. The number of aryl methyl sites for hydroxylation is 1. The van der Waals surface area contributed by atoms with Gasteiger partial charge in [-0.2, -0.15) is 0 Å². The van der Waals surface area contributed by atoms with Crippen molar-refractivity contribution in [2.24, 2.45) is 5.41 Å². The molecule has 0 aliphatic rings. The summed E-state index contributed by atoms with van der Waals surface area (Å²) in [6.07, 6.45) is 1.13. The number of benzene rings is 1. The van der Waals surface area contributed by atoms with Crippen molar-refractivity contribution in [3.05, 3.63) is 57.8 Å². The van der Waals surface area contributed by atoms with E-state index in [0.717, 1.165) is 13.0 Å². The second-order valence-corrected chi connectivity index (χ2v) is 7.57. The molecule has 1 heterocycles. The Bertz CT molecular complexity index is 522. The van der Waals surface area contributed by atoms with Crippen LogP contribution in [0.4, 0.5) is 0 Å². The summed E-state index contributed by atoms with van der Waals surface area (Å²) in [7, 11) is 0. The van der Waals surface area contributed by atoms with Crippen molar-refractivity contribution < 1.29 is 0 Å². The highest BCUT2D eigenvalue weighted by molar-refractivity contribution is 7.11. The minimum atomic E-state index is 0.201. The molecule has 1 atom stereocenters. The summed E-state index contributed by atoms with van der Waals surface area (Å²) >= 11 is 1.92. The molecule has 2 rings (SSSR count). The number of hydrogen-bond acceptors (Lipinski definition) is 2. The van der Waals surface area contributed by atoms with Crippen LogP contribution in [-0.2, 0) is 13.0 Å². The molecule has 1 aromatic carbocycles. The molecule has 0 saturated heterocycles. The topological polar surface area (TPSA) is 12.0 Å². The van der Waals surface area contributed by atoms with Gasteiger partial charge in [0.25, 0.3) is 0 Å². The Kier molecular flexibility index (Phi) is 5.00. The zero-order valence-corrected chi connectivity index (χ0v) is 13.8. The zero-order valence-electron chi connectivity index (χ0n) is 12.9. The van der Waals surface area contributed by atoms with Gasteiger partial charge in [-0.3, -0.25) is 0 Å². The first kappa shape index (κ1) is 15.3. The van der Waals surface area contributed by atoms with Crippen LogP contribution in [-0.4, -0.2) is 0 Å². The summed E-state index contributed by atoms with van der Waals surface area (Å²) in [5.41, 5.74) is 1.57. The van der Waals surface area contributed by atoms with Gasteiger partial charge in [-0.05, 0) is 29.5 Å². The number of thiophene rings is 1. The fraction of sp³-hybridized carbons (Fsp3) is 0.444. The molecule has 2 aromatic rings. The Morgan fingerprint density at radius 2 is 1.65 bits per heavy atom. The average molecular weight is 287 g/mol. The molecule has 1 aromatic heterocycles. The third-order valence-corrected chi connectivity index (χ3v) is 4.77. The lowest BCUT2D eigenvalue weighted by Gasteiger charge is -2.32. The molecular formula is C18H25NS. The van der Waals surface area contributed by atoms with Crippen molar-refractivity contribution in [1.82, 2.24) is 5.32 Å². The first-order valence-electron chi connectivity index (χ1n) is 7.36. The number of hydrogen-bond donors (Lipinski definition) is 1. The molecule has 1 unspecified atom stereocenters. The summed E-state index contributed by atoms with van der Waals surface area (Å²) in [5, 5.41) is 3.74. The molecule has 0 amide bonds. The predicted molar refractivity (Wildman–Crippen MR) is 89.2 cm³/mol. The largest absolute Gasteiger partial charge is 0.305 e. The second kappa shape index (κ2) is 6.55. The third kappa shape index (κ3) is 3.94. The van der Waals surface area contributed by atoms with E-state index in [-0.39, 0.29) is 5.41 Å². The Balaban J connectivity index is 2.09. The van der Waals surface area contributed by atoms with Gasteiger partial charge in [0.1, 0.15) is 0 Å². The molecule has 0 bridgehead atoms. The first-order valence-corrected chi connectivity index (χ1v) is 8.18. The molecule has 1 nitrogen and oxygen atoms in total. The Morgan fingerprint density at radius 3 is 2.20 bits per heavy atom. The van der Waals surface area contributed by atoms with Crippen LogP contribution in [0.2, 0.25) is 0 Å². The van der Waals surface area contributed by atoms with Crippen LogP contribution in [0, 0.1) is 5.41 Å². The summed E-state index contributed by atoms with van der Waals surface area (Å²) in [4.78, 5) is 2.89. The van der Waals surface area contributed by atoms with E-state index in [1.165, 1.54) is 15.3 Å². The number of nitrogens with one attached hydrogen (secondary N) is 1.